The molecule has 4 N–H and O–H groups in total. The van der Waals surface area contributed by atoms with Crippen molar-refractivity contribution in [3.8, 4) is 0 Å². The SMILES string of the molecule is CCc1cc(Cc2cc(C(C)CC)c(N)c(C(C)CC)c2)cc(CC)c1N. The third-order valence-corrected chi connectivity index (χ3v) is 6.17. The topological polar surface area (TPSA) is 52.0 Å². The van der Waals surface area contributed by atoms with Crippen LogP contribution in [0.4, 0.5) is 11.4 Å². The van der Waals surface area contributed by atoms with Gasteiger partial charge in [0.1, 0.15) is 0 Å². The molecule has 27 heavy (non-hydrogen) atoms. The van der Waals surface area contributed by atoms with Crippen molar-refractivity contribution < 1.29 is 0 Å². The molecule has 0 aliphatic heterocycles. The second kappa shape index (κ2) is 9.30. The van der Waals surface area contributed by atoms with Crippen molar-refractivity contribution in [1.29, 1.82) is 0 Å². The number of nitrogen functional groups attached to an aromatic ring is 2. The maximum atomic E-state index is 6.59. The van der Waals surface area contributed by atoms with Gasteiger partial charge in [-0.05, 0) is 77.3 Å². The van der Waals surface area contributed by atoms with Gasteiger partial charge in [-0.2, -0.15) is 0 Å². The molecular formula is C25H38N2. The van der Waals surface area contributed by atoms with Gasteiger partial charge in [0.05, 0.1) is 0 Å². The van der Waals surface area contributed by atoms with E-state index >= 15 is 0 Å². The molecule has 2 unspecified atom stereocenters. The fourth-order valence-electron chi connectivity index (χ4n) is 3.89. The second-order valence-electron chi connectivity index (χ2n) is 8.02. The van der Waals surface area contributed by atoms with Gasteiger partial charge in [0.2, 0.25) is 0 Å². The van der Waals surface area contributed by atoms with Crippen molar-refractivity contribution in [2.24, 2.45) is 0 Å². The predicted octanol–water partition coefficient (Wildman–Crippen LogP) is 6.59. The molecule has 0 aliphatic rings. The number of rotatable bonds is 8. The Balaban J connectivity index is 2.52. The highest BCUT2D eigenvalue weighted by Crippen LogP contribution is 2.35. The molecule has 0 spiro atoms. The summed E-state index contributed by atoms with van der Waals surface area (Å²) in [7, 11) is 0. The molecule has 0 amide bonds. The monoisotopic (exact) mass is 366 g/mol. The molecule has 2 nitrogen and oxygen atoms in total. The molecule has 0 bridgehead atoms. The Bertz CT molecular complexity index is 720. The van der Waals surface area contributed by atoms with Gasteiger partial charge in [0, 0.05) is 11.4 Å². The minimum Gasteiger partial charge on any atom is -0.398 e. The van der Waals surface area contributed by atoms with E-state index in [2.05, 4.69) is 65.8 Å². The summed E-state index contributed by atoms with van der Waals surface area (Å²) in [6, 6.07) is 9.25. The van der Waals surface area contributed by atoms with Crippen LogP contribution in [0.3, 0.4) is 0 Å². The third kappa shape index (κ3) is 4.66. The zero-order chi connectivity index (χ0) is 20.1. The highest BCUT2D eigenvalue weighted by Gasteiger charge is 2.17. The van der Waals surface area contributed by atoms with Gasteiger partial charge in [-0.3, -0.25) is 0 Å². The minimum absolute atomic E-state index is 0.483. The molecule has 0 heterocycles. The van der Waals surface area contributed by atoms with E-state index in [0.29, 0.717) is 11.8 Å². The molecule has 0 fully saturated rings. The highest BCUT2D eigenvalue weighted by molar-refractivity contribution is 5.60. The van der Waals surface area contributed by atoms with Crippen molar-refractivity contribution >= 4 is 11.4 Å². The van der Waals surface area contributed by atoms with Gasteiger partial charge < -0.3 is 11.5 Å². The molecular weight excluding hydrogens is 328 g/mol. The Labute approximate surface area is 166 Å². The molecule has 148 valence electrons. The van der Waals surface area contributed by atoms with Crippen molar-refractivity contribution in [3.05, 3.63) is 57.6 Å². The lowest BCUT2D eigenvalue weighted by molar-refractivity contribution is 0.713. The summed E-state index contributed by atoms with van der Waals surface area (Å²) in [5, 5.41) is 0. The van der Waals surface area contributed by atoms with Gasteiger partial charge in [-0.25, -0.2) is 0 Å². The van der Waals surface area contributed by atoms with E-state index in [4.69, 9.17) is 11.5 Å². The maximum absolute atomic E-state index is 6.59. The van der Waals surface area contributed by atoms with E-state index in [1.165, 1.54) is 33.4 Å². The first-order valence-corrected chi connectivity index (χ1v) is 10.7. The molecule has 2 atom stereocenters. The molecule has 0 aliphatic carbocycles. The molecule has 0 saturated carbocycles. The Morgan fingerprint density at radius 3 is 1.44 bits per heavy atom. The first kappa shape index (κ1) is 21.3. The number of benzene rings is 2. The molecule has 2 aromatic rings. The van der Waals surface area contributed by atoms with Crippen LogP contribution in [0.1, 0.15) is 99.6 Å². The number of hydrogen-bond acceptors (Lipinski definition) is 2. The van der Waals surface area contributed by atoms with Gasteiger partial charge >= 0.3 is 0 Å². The molecule has 0 radical (unpaired) electrons. The lowest BCUT2D eigenvalue weighted by atomic mass is 9.86. The van der Waals surface area contributed by atoms with Crippen LogP contribution >= 0.6 is 0 Å². The van der Waals surface area contributed by atoms with Crippen LogP contribution in [0.2, 0.25) is 0 Å². The van der Waals surface area contributed by atoms with Crippen LogP contribution in [0, 0.1) is 0 Å². The van der Waals surface area contributed by atoms with Crippen molar-refractivity contribution in [2.45, 2.75) is 85.5 Å². The fourth-order valence-corrected chi connectivity index (χ4v) is 3.89. The molecule has 2 aromatic carbocycles. The largest absolute Gasteiger partial charge is 0.398 e. The van der Waals surface area contributed by atoms with Crippen LogP contribution in [-0.2, 0) is 19.3 Å². The van der Waals surface area contributed by atoms with Crippen LogP contribution in [0.5, 0.6) is 0 Å². The number of hydrogen-bond donors (Lipinski definition) is 2. The summed E-state index contributed by atoms with van der Waals surface area (Å²) in [6.45, 7) is 13.4. The first-order chi connectivity index (χ1) is 12.9. The Morgan fingerprint density at radius 1 is 0.667 bits per heavy atom. The van der Waals surface area contributed by atoms with E-state index in [0.717, 1.165) is 43.5 Å². The second-order valence-corrected chi connectivity index (χ2v) is 8.02. The van der Waals surface area contributed by atoms with Gasteiger partial charge in [0.25, 0.3) is 0 Å². The molecule has 2 heteroatoms. The van der Waals surface area contributed by atoms with E-state index in [9.17, 15) is 0 Å². The molecule has 0 aromatic heterocycles. The van der Waals surface area contributed by atoms with E-state index in [1.807, 2.05) is 0 Å². The highest BCUT2D eigenvalue weighted by atomic mass is 14.6. The zero-order valence-electron chi connectivity index (χ0n) is 18.2. The quantitative estimate of drug-likeness (QED) is 0.517. The summed E-state index contributed by atoms with van der Waals surface area (Å²) < 4.78 is 0. The number of nitrogens with two attached hydrogens (primary N) is 2. The Kier molecular flexibility index (Phi) is 7.35. The summed E-state index contributed by atoms with van der Waals surface area (Å²) in [6.07, 6.45) is 5.10. The lowest BCUT2D eigenvalue weighted by Gasteiger charge is -2.21. The van der Waals surface area contributed by atoms with Crippen molar-refractivity contribution in [3.63, 3.8) is 0 Å². The zero-order valence-corrected chi connectivity index (χ0v) is 18.2. The van der Waals surface area contributed by atoms with Gasteiger partial charge in [-0.1, -0.05) is 65.8 Å². The summed E-state index contributed by atoms with van der Waals surface area (Å²) in [5.41, 5.74) is 22.8. The first-order valence-electron chi connectivity index (χ1n) is 10.7. The smallest absolute Gasteiger partial charge is 0.0384 e. The normalized spacial score (nSPS) is 13.6. The number of anilines is 2. The summed E-state index contributed by atoms with van der Waals surface area (Å²) in [4.78, 5) is 0. The molecule has 0 saturated heterocycles. The van der Waals surface area contributed by atoms with Crippen LogP contribution in [0.25, 0.3) is 0 Å². The Hall–Kier alpha value is -1.96. The average Bonchev–Trinajstić information content (AvgIpc) is 2.68. The van der Waals surface area contributed by atoms with Crippen LogP contribution in [0.15, 0.2) is 24.3 Å². The van der Waals surface area contributed by atoms with Crippen LogP contribution < -0.4 is 11.5 Å². The van der Waals surface area contributed by atoms with Crippen molar-refractivity contribution in [1.82, 2.24) is 0 Å². The van der Waals surface area contributed by atoms with E-state index in [1.54, 1.807) is 0 Å². The van der Waals surface area contributed by atoms with E-state index in [-0.39, 0.29) is 0 Å². The minimum atomic E-state index is 0.483. The van der Waals surface area contributed by atoms with Crippen LogP contribution in [-0.4, -0.2) is 0 Å². The maximum Gasteiger partial charge on any atom is 0.0384 e. The van der Waals surface area contributed by atoms with Gasteiger partial charge in [-0.15, -0.1) is 0 Å². The lowest BCUT2D eigenvalue weighted by Crippen LogP contribution is -2.08. The Morgan fingerprint density at radius 2 is 1.07 bits per heavy atom. The summed E-state index contributed by atoms with van der Waals surface area (Å²) >= 11 is 0. The predicted molar refractivity (Wildman–Crippen MR) is 121 cm³/mol. The fraction of sp³-hybridized carbons (Fsp3) is 0.520. The van der Waals surface area contributed by atoms with Crippen molar-refractivity contribution in [2.75, 3.05) is 11.5 Å². The average molecular weight is 367 g/mol. The standard InChI is InChI=1S/C25H38N2/c1-7-16(5)22-14-19(15-23(25(22)27)17(6)8-2)11-18-12-20(9-3)24(26)21(10-4)13-18/h12-17H,7-11,26-27H2,1-6H3. The summed E-state index contributed by atoms with van der Waals surface area (Å²) in [5.74, 6) is 0.966. The van der Waals surface area contributed by atoms with E-state index < -0.39 is 0 Å². The molecule has 2 rings (SSSR count). The number of aryl methyl sites for hydroxylation is 2. The third-order valence-electron chi connectivity index (χ3n) is 6.17. The van der Waals surface area contributed by atoms with Gasteiger partial charge in [0.15, 0.2) is 0 Å².